The number of ether oxygens (including phenoxy) is 1. The number of amides is 1. The third-order valence-corrected chi connectivity index (χ3v) is 9.71. The van der Waals surface area contributed by atoms with Crippen LogP contribution in [0.5, 0.6) is 11.8 Å². The van der Waals surface area contributed by atoms with Gasteiger partial charge in [0.1, 0.15) is 29.6 Å². The Morgan fingerprint density at radius 3 is 2.58 bits per heavy atom. The number of hydrogen-bond acceptors (Lipinski definition) is 7. The first kappa shape index (κ1) is 28.2. The molecule has 228 valence electrons. The van der Waals surface area contributed by atoms with Crippen molar-refractivity contribution in [2.45, 2.75) is 76.3 Å². The number of carbonyl (C=O) groups is 1. The van der Waals surface area contributed by atoms with E-state index >= 15 is 0 Å². The number of benzene rings is 2. The Hall–Kier alpha value is -3.60. The molecule has 1 N–H and O–H groups in total. The van der Waals surface area contributed by atoms with Gasteiger partial charge < -0.3 is 19.6 Å². The van der Waals surface area contributed by atoms with Crippen LogP contribution < -0.4 is 14.5 Å². The summed E-state index contributed by atoms with van der Waals surface area (Å²) in [4.78, 5) is 28.9. The van der Waals surface area contributed by atoms with Gasteiger partial charge in [-0.1, -0.05) is 13.0 Å². The van der Waals surface area contributed by atoms with Crippen LogP contribution >= 0.6 is 0 Å². The predicted octanol–water partition coefficient (Wildman–Crippen LogP) is 5.83. The van der Waals surface area contributed by atoms with E-state index in [1.54, 1.807) is 6.07 Å². The van der Waals surface area contributed by atoms with Crippen LogP contribution in [0.15, 0.2) is 24.3 Å². The Morgan fingerprint density at radius 1 is 1.02 bits per heavy atom. The largest absolute Gasteiger partial charge is 0.508 e. The number of phenolic OH excluding ortho intramolecular Hbond substituents is 1. The summed E-state index contributed by atoms with van der Waals surface area (Å²) in [7, 11) is 0. The molecule has 3 saturated heterocycles. The van der Waals surface area contributed by atoms with Gasteiger partial charge in [0.05, 0.1) is 30.0 Å². The quantitative estimate of drug-likeness (QED) is 0.384. The number of halogens is 3. The van der Waals surface area contributed by atoms with Crippen molar-refractivity contribution < 1.29 is 27.8 Å². The highest BCUT2D eigenvalue weighted by molar-refractivity contribution is 6.16. The number of nitrogens with zero attached hydrogens (tertiary/aromatic N) is 5. The summed E-state index contributed by atoms with van der Waals surface area (Å²) in [5.74, 6) is -3.73. The van der Waals surface area contributed by atoms with Gasteiger partial charge in [0.15, 0.2) is 0 Å². The van der Waals surface area contributed by atoms with Crippen molar-refractivity contribution in [2.24, 2.45) is 0 Å². The SMILES string of the molecule is CCc1c(F)ccc2cc(O)cc(N3Cc4nc(OCC56CCCN5CCC6)nc(N5CCCCC(F)(F)C5)c4C3=O)c12. The van der Waals surface area contributed by atoms with Crippen LogP contribution in [0.1, 0.15) is 73.5 Å². The molecule has 2 aromatic carbocycles. The topological polar surface area (TPSA) is 82.0 Å². The van der Waals surface area contributed by atoms with Crippen molar-refractivity contribution in [3.05, 3.63) is 46.9 Å². The second-order valence-electron chi connectivity index (χ2n) is 12.4. The molecule has 4 aliphatic heterocycles. The molecule has 0 aliphatic carbocycles. The highest BCUT2D eigenvalue weighted by atomic mass is 19.3. The van der Waals surface area contributed by atoms with Crippen LogP contribution in [0, 0.1) is 5.82 Å². The summed E-state index contributed by atoms with van der Waals surface area (Å²) in [5.41, 5.74) is 1.22. The monoisotopic (exact) mass is 595 g/mol. The van der Waals surface area contributed by atoms with Crippen LogP contribution in [-0.4, -0.2) is 70.1 Å². The van der Waals surface area contributed by atoms with E-state index in [-0.39, 0.29) is 41.6 Å². The van der Waals surface area contributed by atoms with E-state index in [0.717, 1.165) is 38.8 Å². The van der Waals surface area contributed by atoms with Gasteiger partial charge >= 0.3 is 6.01 Å². The van der Waals surface area contributed by atoms with Gasteiger partial charge in [-0.3, -0.25) is 9.69 Å². The van der Waals surface area contributed by atoms with Gasteiger partial charge in [0.25, 0.3) is 11.8 Å². The van der Waals surface area contributed by atoms with Crippen LogP contribution in [0.3, 0.4) is 0 Å². The van der Waals surface area contributed by atoms with Crippen molar-refractivity contribution in [1.29, 1.82) is 0 Å². The molecule has 0 bridgehead atoms. The molecule has 43 heavy (non-hydrogen) atoms. The van der Waals surface area contributed by atoms with Gasteiger partial charge in [-0.25, -0.2) is 13.2 Å². The number of hydrogen-bond donors (Lipinski definition) is 1. The Labute approximate surface area is 248 Å². The maximum Gasteiger partial charge on any atom is 0.318 e. The van der Waals surface area contributed by atoms with E-state index in [2.05, 4.69) is 14.9 Å². The van der Waals surface area contributed by atoms with Crippen LogP contribution in [0.25, 0.3) is 10.8 Å². The number of alkyl halides is 2. The minimum atomic E-state index is -2.93. The molecule has 3 fully saturated rings. The van der Waals surface area contributed by atoms with Crippen molar-refractivity contribution in [3.63, 3.8) is 0 Å². The summed E-state index contributed by atoms with van der Waals surface area (Å²) in [6.45, 7) is 4.07. The average molecular weight is 596 g/mol. The fourth-order valence-electron chi connectivity index (χ4n) is 7.65. The molecule has 3 aromatic rings. The highest BCUT2D eigenvalue weighted by Crippen LogP contribution is 2.43. The Bertz CT molecular complexity index is 1590. The summed E-state index contributed by atoms with van der Waals surface area (Å²) >= 11 is 0. The molecule has 5 heterocycles. The number of aromatic nitrogens is 2. The van der Waals surface area contributed by atoms with Crippen LogP contribution in [0.4, 0.5) is 24.7 Å². The van der Waals surface area contributed by atoms with Crippen LogP contribution in [-0.2, 0) is 13.0 Å². The number of aromatic hydroxyl groups is 1. The number of phenols is 1. The second kappa shape index (κ2) is 10.5. The van der Waals surface area contributed by atoms with Crippen molar-refractivity contribution in [2.75, 3.05) is 42.6 Å². The molecule has 0 spiro atoms. The number of aryl methyl sites for hydroxylation is 1. The Balaban J connectivity index is 1.31. The third kappa shape index (κ3) is 4.85. The third-order valence-electron chi connectivity index (χ3n) is 9.71. The first-order chi connectivity index (χ1) is 20.7. The van der Waals surface area contributed by atoms with E-state index in [1.807, 2.05) is 6.92 Å². The zero-order chi connectivity index (χ0) is 29.9. The normalized spacial score (nSPS) is 21.3. The summed E-state index contributed by atoms with van der Waals surface area (Å²) in [5, 5.41) is 11.7. The zero-order valence-corrected chi connectivity index (χ0v) is 24.3. The highest BCUT2D eigenvalue weighted by Gasteiger charge is 2.46. The molecular weight excluding hydrogens is 559 g/mol. The molecular formula is C32H36F3N5O3. The van der Waals surface area contributed by atoms with Gasteiger partial charge in [0.2, 0.25) is 0 Å². The molecule has 7 rings (SSSR count). The maximum absolute atomic E-state index is 14.9. The molecule has 0 atom stereocenters. The first-order valence-corrected chi connectivity index (χ1v) is 15.4. The molecule has 0 unspecified atom stereocenters. The number of rotatable bonds is 6. The fraction of sp³-hybridized carbons (Fsp3) is 0.531. The molecule has 1 amide bonds. The number of fused-ring (bicyclic) bond motifs is 3. The summed E-state index contributed by atoms with van der Waals surface area (Å²) in [6.07, 6.45) is 5.32. The van der Waals surface area contributed by atoms with Crippen molar-refractivity contribution in [3.8, 4) is 11.8 Å². The lowest BCUT2D eigenvalue weighted by molar-refractivity contribution is 0.00328. The lowest BCUT2D eigenvalue weighted by atomic mass is 9.95. The Kier molecular flexibility index (Phi) is 6.91. The van der Waals surface area contributed by atoms with Crippen molar-refractivity contribution >= 4 is 28.2 Å². The van der Waals surface area contributed by atoms with Gasteiger partial charge in [0, 0.05) is 24.4 Å². The standard InChI is InChI=1S/C32H36F3N5O3/c1-2-22-23(33)8-7-20-15-21(41)16-25(26(20)22)40-17-24-27(29(40)42)28(38-12-4-3-11-32(34,35)18-38)37-30(36-24)43-19-31-9-5-13-39(31)14-6-10-31/h7-8,15-16,41H,2-6,9-14,17-19H2,1H3. The second-order valence-corrected chi connectivity index (χ2v) is 12.4. The molecule has 8 nitrogen and oxygen atoms in total. The van der Waals surface area contributed by atoms with Gasteiger partial charge in [-0.15, -0.1) is 0 Å². The first-order valence-electron chi connectivity index (χ1n) is 15.4. The summed E-state index contributed by atoms with van der Waals surface area (Å²) < 4.78 is 50.9. The lowest BCUT2D eigenvalue weighted by Crippen LogP contribution is -2.43. The smallest absolute Gasteiger partial charge is 0.318 e. The summed E-state index contributed by atoms with van der Waals surface area (Å²) in [6, 6.07) is 5.99. The predicted molar refractivity (Wildman–Crippen MR) is 157 cm³/mol. The maximum atomic E-state index is 14.9. The molecule has 4 aliphatic rings. The van der Waals surface area contributed by atoms with Crippen molar-refractivity contribution in [1.82, 2.24) is 14.9 Å². The Morgan fingerprint density at radius 2 is 1.81 bits per heavy atom. The number of anilines is 2. The van der Waals surface area contributed by atoms with E-state index in [1.165, 1.54) is 28.0 Å². The van der Waals surface area contributed by atoms with E-state index < -0.39 is 24.2 Å². The molecule has 0 saturated carbocycles. The zero-order valence-electron chi connectivity index (χ0n) is 24.3. The fourth-order valence-corrected chi connectivity index (χ4v) is 7.65. The molecule has 11 heteroatoms. The minimum Gasteiger partial charge on any atom is -0.508 e. The van der Waals surface area contributed by atoms with Gasteiger partial charge in [-0.2, -0.15) is 9.97 Å². The van der Waals surface area contributed by atoms with E-state index in [0.29, 0.717) is 60.1 Å². The minimum absolute atomic E-state index is 0.0137. The number of carbonyl (C=O) groups excluding carboxylic acids is 1. The van der Waals surface area contributed by atoms with Gasteiger partial charge in [-0.05, 0) is 81.1 Å². The molecule has 0 radical (unpaired) electrons. The lowest BCUT2D eigenvalue weighted by Gasteiger charge is -2.31. The molecule has 1 aromatic heterocycles. The van der Waals surface area contributed by atoms with E-state index in [4.69, 9.17) is 4.74 Å². The average Bonchev–Trinajstić information content (AvgIpc) is 3.61. The van der Waals surface area contributed by atoms with E-state index in [9.17, 15) is 23.1 Å². The van der Waals surface area contributed by atoms with Crippen LogP contribution in [0.2, 0.25) is 0 Å².